The zero-order chi connectivity index (χ0) is 11.2. The Hall–Kier alpha value is -1.60. The van der Waals surface area contributed by atoms with Gasteiger partial charge in [-0.15, -0.1) is 0 Å². The van der Waals surface area contributed by atoms with Gasteiger partial charge in [-0.05, 0) is 24.3 Å². The first-order valence-electron chi connectivity index (χ1n) is 5.74. The molecule has 3 nitrogen and oxygen atoms in total. The van der Waals surface area contributed by atoms with E-state index in [2.05, 4.69) is 51.2 Å². The Kier molecular flexibility index (Phi) is 1.91. The van der Waals surface area contributed by atoms with Gasteiger partial charge in [0.25, 0.3) is 0 Å². The van der Waals surface area contributed by atoms with Crippen LogP contribution in [0.15, 0.2) is 48.7 Å². The summed E-state index contributed by atoms with van der Waals surface area (Å²) in [5.41, 5.74) is 2.52. The van der Waals surface area contributed by atoms with E-state index in [4.69, 9.17) is 0 Å². The van der Waals surface area contributed by atoms with Gasteiger partial charge in [-0.1, -0.05) is 26.8 Å². The van der Waals surface area contributed by atoms with Gasteiger partial charge in [0.2, 0.25) is 0 Å². The molecule has 4 heteroatoms. The number of pyridine rings is 1. The molecule has 1 fully saturated rings. The Morgan fingerprint density at radius 3 is 2.76 bits per heavy atom. The molecule has 0 radical (unpaired) electrons. The van der Waals surface area contributed by atoms with Crippen LogP contribution in [-0.2, 0) is 0 Å². The number of anilines is 3. The predicted molar refractivity (Wildman–Crippen MR) is 72.3 cm³/mol. The van der Waals surface area contributed by atoms with E-state index in [1.54, 1.807) is 0 Å². The Morgan fingerprint density at radius 2 is 2.00 bits per heavy atom. The molecule has 0 spiro atoms. The molecule has 2 aliphatic heterocycles. The second kappa shape index (κ2) is 3.44. The van der Waals surface area contributed by atoms with Crippen molar-refractivity contribution in [2.24, 2.45) is 0 Å². The van der Waals surface area contributed by atoms with Crippen LogP contribution in [0.25, 0.3) is 0 Å². The predicted octanol–water partition coefficient (Wildman–Crippen LogP) is 2.97. The van der Waals surface area contributed by atoms with Crippen molar-refractivity contribution in [2.75, 3.05) is 16.1 Å². The quantitative estimate of drug-likeness (QED) is 0.715. The highest BCUT2D eigenvalue weighted by molar-refractivity contribution is 7.41. The third-order valence-corrected chi connectivity index (χ3v) is 4.78. The first-order valence-corrected chi connectivity index (χ1v) is 7.03. The van der Waals surface area contributed by atoms with Crippen LogP contribution in [0.5, 0.6) is 0 Å². The lowest BCUT2D eigenvalue weighted by Crippen LogP contribution is -2.45. The highest BCUT2D eigenvalue weighted by Crippen LogP contribution is 2.54. The van der Waals surface area contributed by atoms with Crippen LogP contribution in [0.4, 0.5) is 17.2 Å². The van der Waals surface area contributed by atoms with Crippen LogP contribution < -0.4 is 9.80 Å². The maximum absolute atomic E-state index is 4.55. The highest BCUT2D eigenvalue weighted by Gasteiger charge is 2.43. The van der Waals surface area contributed by atoms with E-state index >= 15 is 0 Å². The molecule has 0 amide bonds. The molecule has 1 aromatic heterocycles. The van der Waals surface area contributed by atoms with Gasteiger partial charge < -0.3 is 4.90 Å². The molecule has 0 N–H and O–H groups in total. The lowest BCUT2D eigenvalue weighted by molar-refractivity contribution is 0.808. The maximum Gasteiger partial charge on any atom is 0.158 e. The average Bonchev–Trinajstić information content (AvgIpc) is 2.58. The van der Waals surface area contributed by atoms with Crippen LogP contribution in [-0.4, -0.2) is 17.2 Å². The molecule has 2 aromatic rings. The molecular weight excluding hydrogens is 229 g/mol. The Bertz CT molecular complexity index is 558. The number of fused-ring (bicyclic) bond motifs is 3. The van der Waals surface area contributed by atoms with Gasteiger partial charge in [-0.2, -0.15) is 0 Å². The zero-order valence-electron chi connectivity index (χ0n) is 9.24. The zero-order valence-corrected chi connectivity index (χ0v) is 10.2. The molecule has 0 saturated carbocycles. The third kappa shape index (κ3) is 1.23. The van der Waals surface area contributed by atoms with Crippen molar-refractivity contribution in [3.8, 4) is 0 Å². The summed E-state index contributed by atoms with van der Waals surface area (Å²) < 4.78 is 0. The summed E-state index contributed by atoms with van der Waals surface area (Å²) >= 11 is 0. The molecule has 3 heterocycles. The molecular formula is C13H12N3P. The molecule has 1 unspecified atom stereocenters. The summed E-state index contributed by atoms with van der Waals surface area (Å²) in [7, 11) is 0.969. The van der Waals surface area contributed by atoms with E-state index in [9.17, 15) is 0 Å². The van der Waals surface area contributed by atoms with E-state index in [0.29, 0.717) is 5.91 Å². The number of rotatable bonds is 1. The minimum Gasteiger partial charge on any atom is -0.340 e. The standard InChI is InChI=1S/C13H12N3P/c1-2-5-10(6-3-1)16-12-11(7-4-8-14-12)15-9-17-13(15)16/h1-8,13,17H,9H2/t13-/m0/s1. The van der Waals surface area contributed by atoms with Gasteiger partial charge in [0.1, 0.15) is 5.91 Å². The van der Waals surface area contributed by atoms with Crippen molar-refractivity contribution in [1.29, 1.82) is 0 Å². The second-order valence-electron chi connectivity index (χ2n) is 4.26. The van der Waals surface area contributed by atoms with Crippen molar-refractivity contribution in [3.63, 3.8) is 0 Å². The van der Waals surface area contributed by atoms with Gasteiger partial charge in [-0.3, -0.25) is 4.90 Å². The van der Waals surface area contributed by atoms with Crippen molar-refractivity contribution in [3.05, 3.63) is 48.7 Å². The average molecular weight is 241 g/mol. The van der Waals surface area contributed by atoms with Gasteiger partial charge in [0.05, 0.1) is 5.69 Å². The van der Waals surface area contributed by atoms with E-state index in [-0.39, 0.29) is 0 Å². The normalized spacial score (nSPS) is 22.2. The maximum atomic E-state index is 4.55. The number of hydrogen-bond donors (Lipinski definition) is 0. The van der Waals surface area contributed by atoms with Gasteiger partial charge in [0.15, 0.2) is 5.82 Å². The van der Waals surface area contributed by atoms with Crippen LogP contribution >= 0.6 is 8.58 Å². The minimum absolute atomic E-state index is 0.502. The van der Waals surface area contributed by atoms with Crippen molar-refractivity contribution in [2.45, 2.75) is 5.91 Å². The van der Waals surface area contributed by atoms with E-state index in [0.717, 1.165) is 14.4 Å². The smallest absolute Gasteiger partial charge is 0.158 e. The molecule has 1 aromatic carbocycles. The fraction of sp³-hybridized carbons (Fsp3) is 0.154. The van der Waals surface area contributed by atoms with Crippen LogP contribution in [0, 0.1) is 0 Å². The molecule has 84 valence electrons. The number of para-hydroxylation sites is 1. The summed E-state index contributed by atoms with van der Waals surface area (Å²) in [6.45, 7) is 0. The fourth-order valence-corrected chi connectivity index (χ4v) is 3.77. The van der Waals surface area contributed by atoms with Crippen molar-refractivity contribution < 1.29 is 0 Å². The van der Waals surface area contributed by atoms with Crippen LogP contribution in [0.2, 0.25) is 0 Å². The Labute approximate surface area is 102 Å². The molecule has 4 rings (SSSR count). The van der Waals surface area contributed by atoms with E-state index in [1.165, 1.54) is 17.7 Å². The number of nitrogens with zero attached hydrogens (tertiary/aromatic N) is 3. The van der Waals surface area contributed by atoms with E-state index < -0.39 is 0 Å². The number of hydrogen-bond acceptors (Lipinski definition) is 3. The summed E-state index contributed by atoms with van der Waals surface area (Å²) in [5, 5.41) is 0. The summed E-state index contributed by atoms with van der Waals surface area (Å²) in [6.07, 6.45) is 3.05. The number of aromatic nitrogens is 1. The topological polar surface area (TPSA) is 19.4 Å². The minimum atomic E-state index is 0.502. The summed E-state index contributed by atoms with van der Waals surface area (Å²) in [5.74, 6) is 1.61. The van der Waals surface area contributed by atoms with Crippen molar-refractivity contribution >= 4 is 25.8 Å². The van der Waals surface area contributed by atoms with Gasteiger partial charge in [0, 0.05) is 18.2 Å². The molecule has 2 aliphatic rings. The first kappa shape index (κ1) is 9.43. The number of benzene rings is 1. The summed E-state index contributed by atoms with van der Waals surface area (Å²) in [6, 6.07) is 14.7. The largest absolute Gasteiger partial charge is 0.340 e. The first-order chi connectivity index (χ1) is 8.45. The van der Waals surface area contributed by atoms with Crippen LogP contribution in [0.1, 0.15) is 0 Å². The molecule has 17 heavy (non-hydrogen) atoms. The fourth-order valence-electron chi connectivity index (χ4n) is 2.48. The molecule has 0 bridgehead atoms. The molecule has 2 atom stereocenters. The third-order valence-electron chi connectivity index (χ3n) is 3.32. The monoisotopic (exact) mass is 241 g/mol. The lowest BCUT2D eigenvalue weighted by Gasteiger charge is -2.40. The Balaban J connectivity index is 1.87. The second-order valence-corrected chi connectivity index (χ2v) is 5.50. The molecule has 1 saturated heterocycles. The van der Waals surface area contributed by atoms with Gasteiger partial charge >= 0.3 is 0 Å². The highest BCUT2D eigenvalue weighted by atomic mass is 31.1. The summed E-state index contributed by atoms with van der Waals surface area (Å²) in [4.78, 5) is 9.34. The lowest BCUT2D eigenvalue weighted by atomic mass is 10.3. The van der Waals surface area contributed by atoms with Crippen molar-refractivity contribution in [1.82, 2.24) is 4.98 Å². The van der Waals surface area contributed by atoms with Crippen LogP contribution in [0.3, 0.4) is 0 Å². The van der Waals surface area contributed by atoms with Gasteiger partial charge in [-0.25, -0.2) is 4.98 Å². The van der Waals surface area contributed by atoms with E-state index in [1.807, 2.05) is 12.3 Å². The Morgan fingerprint density at radius 1 is 1.12 bits per heavy atom. The molecule has 0 aliphatic carbocycles. The SMILES string of the molecule is c1ccc(N2c3ncccc3N3CP[C@@H]32)cc1.